The van der Waals surface area contributed by atoms with Crippen LogP contribution in [0.15, 0.2) is 17.0 Å². The van der Waals surface area contributed by atoms with E-state index in [2.05, 4.69) is 11.1 Å². The number of amides is 1. The summed E-state index contributed by atoms with van der Waals surface area (Å²) in [5.41, 5.74) is 1.95. The molecule has 2 fully saturated rings. The zero-order valence-electron chi connectivity index (χ0n) is 14.1. The number of hydrogen-bond donors (Lipinski definition) is 0. The molecular weight excluding hydrogens is 324 g/mol. The third kappa shape index (κ3) is 3.15. The highest BCUT2D eigenvalue weighted by Crippen LogP contribution is 2.33. The summed E-state index contributed by atoms with van der Waals surface area (Å²) in [4.78, 5) is 19.3. The summed E-state index contributed by atoms with van der Waals surface area (Å²) in [5, 5.41) is 3.09. The first-order chi connectivity index (χ1) is 11.7. The van der Waals surface area contributed by atoms with E-state index in [4.69, 9.17) is 9.47 Å². The Morgan fingerprint density at radius 3 is 3.17 bits per heavy atom. The predicted octanol–water partition coefficient (Wildman–Crippen LogP) is 2.84. The normalized spacial score (nSPS) is 29.6. The lowest BCUT2D eigenvalue weighted by molar-refractivity contribution is -0.130. The summed E-state index contributed by atoms with van der Waals surface area (Å²) >= 11 is 1.64. The summed E-state index contributed by atoms with van der Waals surface area (Å²) in [6, 6.07) is 0.162. The van der Waals surface area contributed by atoms with Crippen molar-refractivity contribution in [3.8, 4) is 0 Å². The first-order valence-electron chi connectivity index (χ1n) is 8.86. The van der Waals surface area contributed by atoms with Crippen molar-refractivity contribution >= 4 is 17.2 Å². The molecule has 6 heteroatoms. The molecule has 0 radical (unpaired) electrons. The van der Waals surface area contributed by atoms with Crippen molar-refractivity contribution in [2.75, 3.05) is 13.2 Å². The molecule has 0 spiro atoms. The molecule has 0 aromatic carbocycles. The van der Waals surface area contributed by atoms with Crippen LogP contribution in [0.2, 0.25) is 0 Å². The second-order valence-electron chi connectivity index (χ2n) is 6.83. The smallest absolute Gasteiger partial charge is 0.249 e. The molecule has 2 saturated heterocycles. The van der Waals surface area contributed by atoms with Gasteiger partial charge in [-0.2, -0.15) is 0 Å². The number of carbonyl (C=O) groups excluding carboxylic acids is 1. The van der Waals surface area contributed by atoms with Gasteiger partial charge in [-0.25, -0.2) is 4.98 Å². The molecule has 1 amide bonds. The van der Waals surface area contributed by atoms with Gasteiger partial charge in [-0.05, 0) is 39.0 Å². The minimum atomic E-state index is -0.0525. The second-order valence-corrected chi connectivity index (χ2v) is 7.89. The fraction of sp³-hybridized carbons (Fsp3) is 0.667. The number of thiazole rings is 1. The SMILES string of the molecule is Cc1nc(CO[C@H]2CN(C(=O)C3=CCCC3)[C@@H]3CCCO[C@H]23)cs1. The zero-order chi connectivity index (χ0) is 16.5. The van der Waals surface area contributed by atoms with Crippen molar-refractivity contribution in [1.82, 2.24) is 9.88 Å². The number of aryl methyl sites for hydroxylation is 1. The van der Waals surface area contributed by atoms with Crippen LogP contribution in [0.1, 0.15) is 42.8 Å². The highest BCUT2D eigenvalue weighted by atomic mass is 32.1. The molecule has 3 aliphatic rings. The largest absolute Gasteiger partial charge is 0.373 e. The number of likely N-dealkylation sites (tertiary alicyclic amines) is 1. The maximum atomic E-state index is 12.9. The van der Waals surface area contributed by atoms with E-state index in [1.54, 1.807) is 11.3 Å². The fourth-order valence-electron chi connectivity index (χ4n) is 4.01. The van der Waals surface area contributed by atoms with Crippen LogP contribution in [0.3, 0.4) is 0 Å². The Morgan fingerprint density at radius 2 is 2.42 bits per heavy atom. The number of fused-ring (bicyclic) bond motifs is 1. The third-order valence-electron chi connectivity index (χ3n) is 5.17. The third-order valence-corrected chi connectivity index (χ3v) is 5.99. The summed E-state index contributed by atoms with van der Waals surface area (Å²) < 4.78 is 12.1. The summed E-state index contributed by atoms with van der Waals surface area (Å²) in [6.07, 6.45) is 7.13. The zero-order valence-corrected chi connectivity index (χ0v) is 14.9. The van der Waals surface area contributed by atoms with E-state index in [0.29, 0.717) is 13.2 Å². The Hall–Kier alpha value is -1.24. The van der Waals surface area contributed by atoms with Gasteiger partial charge in [0.2, 0.25) is 5.91 Å². The predicted molar refractivity (Wildman–Crippen MR) is 91.8 cm³/mol. The summed E-state index contributed by atoms with van der Waals surface area (Å²) in [5.74, 6) is 0.198. The van der Waals surface area contributed by atoms with E-state index in [9.17, 15) is 4.79 Å². The van der Waals surface area contributed by atoms with Gasteiger partial charge >= 0.3 is 0 Å². The maximum absolute atomic E-state index is 12.9. The quantitative estimate of drug-likeness (QED) is 0.840. The Bertz CT molecular complexity index is 642. The molecule has 1 aromatic heterocycles. The van der Waals surface area contributed by atoms with Crippen molar-refractivity contribution in [3.63, 3.8) is 0 Å². The number of aromatic nitrogens is 1. The molecular formula is C18H24N2O3S. The molecule has 4 rings (SSSR count). The Morgan fingerprint density at radius 1 is 1.50 bits per heavy atom. The fourth-order valence-corrected chi connectivity index (χ4v) is 4.60. The molecule has 130 valence electrons. The molecule has 3 heterocycles. The lowest BCUT2D eigenvalue weighted by Crippen LogP contribution is -2.44. The van der Waals surface area contributed by atoms with E-state index in [1.165, 1.54) is 0 Å². The van der Waals surface area contributed by atoms with Gasteiger partial charge in [0, 0.05) is 17.6 Å². The molecule has 24 heavy (non-hydrogen) atoms. The Kier molecular flexibility index (Phi) is 4.70. The van der Waals surface area contributed by atoms with Gasteiger partial charge in [-0.3, -0.25) is 4.79 Å². The van der Waals surface area contributed by atoms with E-state index < -0.39 is 0 Å². The Labute approximate surface area is 146 Å². The topological polar surface area (TPSA) is 51.7 Å². The van der Waals surface area contributed by atoms with Crippen LogP contribution >= 0.6 is 11.3 Å². The number of allylic oxidation sites excluding steroid dienone is 1. The van der Waals surface area contributed by atoms with Crippen LogP contribution in [0.4, 0.5) is 0 Å². The average molecular weight is 348 g/mol. The molecule has 0 saturated carbocycles. The van der Waals surface area contributed by atoms with Crippen LogP contribution < -0.4 is 0 Å². The van der Waals surface area contributed by atoms with Gasteiger partial charge in [0.1, 0.15) is 12.2 Å². The van der Waals surface area contributed by atoms with Crippen molar-refractivity contribution in [3.05, 3.63) is 27.7 Å². The highest BCUT2D eigenvalue weighted by Gasteiger charge is 2.47. The molecule has 1 aliphatic carbocycles. The summed E-state index contributed by atoms with van der Waals surface area (Å²) in [6.45, 7) is 3.89. The number of nitrogens with zero attached hydrogens (tertiary/aromatic N) is 2. The van der Waals surface area contributed by atoms with Gasteiger partial charge in [-0.15, -0.1) is 11.3 Å². The van der Waals surface area contributed by atoms with Crippen LogP contribution in [-0.2, 0) is 20.9 Å². The van der Waals surface area contributed by atoms with E-state index in [1.807, 2.05) is 17.2 Å². The molecule has 2 aliphatic heterocycles. The highest BCUT2D eigenvalue weighted by molar-refractivity contribution is 7.09. The van der Waals surface area contributed by atoms with Crippen LogP contribution in [-0.4, -0.2) is 47.2 Å². The minimum Gasteiger partial charge on any atom is -0.373 e. The number of ether oxygens (including phenoxy) is 2. The first-order valence-corrected chi connectivity index (χ1v) is 9.74. The molecule has 0 unspecified atom stereocenters. The lowest BCUT2D eigenvalue weighted by Gasteiger charge is -2.32. The molecule has 0 N–H and O–H groups in total. The number of rotatable bonds is 4. The van der Waals surface area contributed by atoms with Gasteiger partial charge in [-0.1, -0.05) is 6.08 Å². The van der Waals surface area contributed by atoms with Gasteiger partial charge in [0.05, 0.1) is 29.9 Å². The molecule has 3 atom stereocenters. The van der Waals surface area contributed by atoms with Crippen LogP contribution in [0, 0.1) is 6.92 Å². The standard InChI is InChI=1S/C18H24N2O3S/c1-12-19-14(11-24-12)10-23-16-9-20(15-7-4-8-22-17(15)16)18(21)13-5-2-3-6-13/h5,11,15-17H,2-4,6-10H2,1H3/t15-,16+,17+/m1/s1. The molecule has 0 bridgehead atoms. The van der Waals surface area contributed by atoms with Gasteiger partial charge in [0.25, 0.3) is 0 Å². The minimum absolute atomic E-state index is 0.00411. The van der Waals surface area contributed by atoms with E-state index in [0.717, 1.165) is 55.0 Å². The Balaban J connectivity index is 1.45. The van der Waals surface area contributed by atoms with Crippen LogP contribution in [0.5, 0.6) is 0 Å². The molecule has 5 nitrogen and oxygen atoms in total. The lowest BCUT2D eigenvalue weighted by atomic mass is 10.0. The van der Waals surface area contributed by atoms with Gasteiger partial charge < -0.3 is 14.4 Å². The second kappa shape index (κ2) is 6.94. The number of carbonyl (C=O) groups is 1. The molecule has 1 aromatic rings. The first kappa shape index (κ1) is 16.2. The summed E-state index contributed by atoms with van der Waals surface area (Å²) in [7, 11) is 0. The monoisotopic (exact) mass is 348 g/mol. The van der Waals surface area contributed by atoms with E-state index in [-0.39, 0.29) is 24.2 Å². The maximum Gasteiger partial charge on any atom is 0.249 e. The van der Waals surface area contributed by atoms with Crippen molar-refractivity contribution in [1.29, 1.82) is 0 Å². The van der Waals surface area contributed by atoms with Crippen molar-refractivity contribution in [2.45, 2.75) is 63.9 Å². The van der Waals surface area contributed by atoms with Gasteiger partial charge in [0.15, 0.2) is 0 Å². The van der Waals surface area contributed by atoms with Crippen LogP contribution in [0.25, 0.3) is 0 Å². The van der Waals surface area contributed by atoms with Crippen molar-refractivity contribution < 1.29 is 14.3 Å². The number of hydrogen-bond acceptors (Lipinski definition) is 5. The average Bonchev–Trinajstić information content (AvgIpc) is 3.32. The van der Waals surface area contributed by atoms with E-state index >= 15 is 0 Å². The van der Waals surface area contributed by atoms with Crippen molar-refractivity contribution in [2.24, 2.45) is 0 Å².